The molecule has 0 fully saturated rings. The summed E-state index contributed by atoms with van der Waals surface area (Å²) >= 11 is 7.05. The highest BCUT2D eigenvalue weighted by Gasteiger charge is 2.09. The standard InChI is InChI=1S/C14H8ClN5OS/c15-11-6-5-10-12(19-11)22-14(18-10)20-13(21)17-9-3-1-8(7-16)2-4-9/h1-6H,(H2,17,18,20,21). The van der Waals surface area contributed by atoms with Crippen molar-refractivity contribution in [2.45, 2.75) is 0 Å². The lowest BCUT2D eigenvalue weighted by atomic mass is 10.2. The largest absolute Gasteiger partial charge is 0.325 e. The second-order valence-electron chi connectivity index (χ2n) is 4.25. The molecule has 2 aromatic heterocycles. The fourth-order valence-corrected chi connectivity index (χ4v) is 2.77. The number of hydrogen-bond donors (Lipinski definition) is 2. The molecule has 2 heterocycles. The van der Waals surface area contributed by atoms with E-state index in [1.54, 1.807) is 36.4 Å². The van der Waals surface area contributed by atoms with Crippen LogP contribution in [0.5, 0.6) is 0 Å². The minimum absolute atomic E-state index is 0.379. The molecule has 0 aliphatic carbocycles. The number of fused-ring (bicyclic) bond motifs is 1. The van der Waals surface area contributed by atoms with E-state index in [9.17, 15) is 4.79 Å². The van der Waals surface area contributed by atoms with E-state index in [1.165, 1.54) is 11.3 Å². The Morgan fingerprint density at radius 1 is 1.14 bits per heavy atom. The number of thiazole rings is 1. The lowest BCUT2D eigenvalue weighted by Crippen LogP contribution is -2.19. The molecule has 8 heteroatoms. The van der Waals surface area contributed by atoms with E-state index in [4.69, 9.17) is 16.9 Å². The third-order valence-corrected chi connectivity index (χ3v) is 3.80. The third kappa shape index (κ3) is 3.14. The number of nitrogens with zero attached hydrogens (tertiary/aromatic N) is 3. The first kappa shape index (κ1) is 14.3. The Balaban J connectivity index is 1.71. The first-order chi connectivity index (χ1) is 10.6. The van der Waals surface area contributed by atoms with Crippen LogP contribution in [0.4, 0.5) is 15.6 Å². The lowest BCUT2D eigenvalue weighted by Gasteiger charge is -2.04. The van der Waals surface area contributed by atoms with Gasteiger partial charge >= 0.3 is 6.03 Å². The van der Waals surface area contributed by atoms with Crippen LogP contribution in [0.15, 0.2) is 36.4 Å². The molecule has 0 spiro atoms. The van der Waals surface area contributed by atoms with E-state index in [2.05, 4.69) is 20.6 Å². The van der Waals surface area contributed by atoms with Crippen LogP contribution in [0.3, 0.4) is 0 Å². The van der Waals surface area contributed by atoms with Gasteiger partial charge in [-0.3, -0.25) is 5.32 Å². The highest BCUT2D eigenvalue weighted by Crippen LogP contribution is 2.25. The van der Waals surface area contributed by atoms with Crippen molar-refractivity contribution in [1.82, 2.24) is 9.97 Å². The molecule has 0 aliphatic rings. The molecule has 0 atom stereocenters. The smallest absolute Gasteiger partial charge is 0.308 e. The van der Waals surface area contributed by atoms with Crippen LogP contribution < -0.4 is 10.6 Å². The molecule has 2 amide bonds. The number of pyridine rings is 1. The summed E-state index contributed by atoms with van der Waals surface area (Å²) in [5.74, 6) is 0. The number of halogens is 1. The number of nitriles is 1. The molecule has 0 bridgehead atoms. The monoisotopic (exact) mass is 329 g/mol. The van der Waals surface area contributed by atoms with Gasteiger partial charge in [0.1, 0.15) is 15.5 Å². The Morgan fingerprint density at radius 3 is 2.64 bits per heavy atom. The Bertz CT molecular complexity index is 884. The predicted octanol–water partition coefficient (Wildman–Crippen LogP) is 3.86. The average molecular weight is 330 g/mol. The zero-order valence-electron chi connectivity index (χ0n) is 11.0. The summed E-state index contributed by atoms with van der Waals surface area (Å²) in [6.07, 6.45) is 0. The van der Waals surface area contributed by atoms with Gasteiger partial charge in [-0.1, -0.05) is 22.9 Å². The van der Waals surface area contributed by atoms with E-state index in [0.29, 0.717) is 31.9 Å². The highest BCUT2D eigenvalue weighted by atomic mass is 35.5. The van der Waals surface area contributed by atoms with Crippen molar-refractivity contribution in [2.24, 2.45) is 0 Å². The van der Waals surface area contributed by atoms with Gasteiger partial charge in [0.25, 0.3) is 0 Å². The van der Waals surface area contributed by atoms with Crippen molar-refractivity contribution in [1.29, 1.82) is 5.26 Å². The van der Waals surface area contributed by atoms with E-state index in [0.717, 1.165) is 0 Å². The van der Waals surface area contributed by atoms with Crippen LogP contribution in [0.25, 0.3) is 10.3 Å². The fraction of sp³-hybridized carbons (Fsp3) is 0. The van der Waals surface area contributed by atoms with Gasteiger partial charge in [0.05, 0.1) is 11.6 Å². The van der Waals surface area contributed by atoms with E-state index < -0.39 is 6.03 Å². The van der Waals surface area contributed by atoms with Gasteiger partial charge in [-0.25, -0.2) is 14.8 Å². The Labute approximate surface area is 134 Å². The number of benzene rings is 1. The molecule has 108 valence electrons. The van der Waals surface area contributed by atoms with Crippen LogP contribution in [0.1, 0.15) is 5.56 Å². The summed E-state index contributed by atoms with van der Waals surface area (Å²) in [5, 5.41) is 14.8. The maximum atomic E-state index is 11.9. The minimum Gasteiger partial charge on any atom is -0.308 e. The summed E-state index contributed by atoms with van der Waals surface area (Å²) in [6, 6.07) is 11.5. The molecule has 6 nitrogen and oxygen atoms in total. The van der Waals surface area contributed by atoms with Crippen LogP contribution in [-0.4, -0.2) is 16.0 Å². The topological polar surface area (TPSA) is 90.7 Å². The normalized spacial score (nSPS) is 10.2. The van der Waals surface area contributed by atoms with Crippen molar-refractivity contribution >= 4 is 50.1 Å². The molecule has 1 aromatic carbocycles. The van der Waals surface area contributed by atoms with Gasteiger partial charge in [-0.15, -0.1) is 0 Å². The van der Waals surface area contributed by atoms with E-state index in [1.807, 2.05) is 6.07 Å². The van der Waals surface area contributed by atoms with E-state index >= 15 is 0 Å². The fourth-order valence-electron chi connectivity index (χ4n) is 1.74. The van der Waals surface area contributed by atoms with Crippen LogP contribution in [-0.2, 0) is 0 Å². The number of carbonyl (C=O) groups is 1. The summed E-state index contributed by atoms with van der Waals surface area (Å²) < 4.78 is 0. The molecule has 0 aliphatic heterocycles. The average Bonchev–Trinajstić information content (AvgIpc) is 2.89. The molecule has 3 rings (SSSR count). The first-order valence-electron chi connectivity index (χ1n) is 6.15. The number of amides is 2. The Morgan fingerprint density at radius 2 is 1.91 bits per heavy atom. The molecule has 0 saturated carbocycles. The number of rotatable bonds is 2. The van der Waals surface area contributed by atoms with Gasteiger partial charge in [-0.2, -0.15) is 5.26 Å². The van der Waals surface area contributed by atoms with Crippen molar-refractivity contribution in [3.63, 3.8) is 0 Å². The maximum absolute atomic E-state index is 11.9. The van der Waals surface area contributed by atoms with Gasteiger partial charge in [0.2, 0.25) is 0 Å². The van der Waals surface area contributed by atoms with Crippen molar-refractivity contribution in [2.75, 3.05) is 10.6 Å². The van der Waals surface area contributed by atoms with Crippen molar-refractivity contribution in [3.8, 4) is 6.07 Å². The molecule has 0 saturated heterocycles. The van der Waals surface area contributed by atoms with Crippen molar-refractivity contribution in [3.05, 3.63) is 47.1 Å². The SMILES string of the molecule is N#Cc1ccc(NC(=O)Nc2nc3ccc(Cl)nc3s2)cc1. The molecule has 22 heavy (non-hydrogen) atoms. The van der Waals surface area contributed by atoms with Crippen LogP contribution >= 0.6 is 22.9 Å². The lowest BCUT2D eigenvalue weighted by molar-refractivity contribution is 0.262. The molecule has 2 N–H and O–H groups in total. The number of carbonyl (C=O) groups excluding carboxylic acids is 1. The van der Waals surface area contributed by atoms with Gasteiger partial charge < -0.3 is 5.32 Å². The zero-order valence-corrected chi connectivity index (χ0v) is 12.6. The molecular weight excluding hydrogens is 322 g/mol. The molecule has 0 radical (unpaired) electrons. The number of aromatic nitrogens is 2. The third-order valence-electron chi connectivity index (χ3n) is 2.71. The molecule has 0 unspecified atom stereocenters. The summed E-state index contributed by atoms with van der Waals surface area (Å²) in [4.78, 5) is 20.9. The molecule has 3 aromatic rings. The Hall–Kier alpha value is -2.69. The second-order valence-corrected chi connectivity index (χ2v) is 5.61. The van der Waals surface area contributed by atoms with Crippen LogP contribution in [0, 0.1) is 11.3 Å². The highest BCUT2D eigenvalue weighted by molar-refractivity contribution is 7.22. The zero-order chi connectivity index (χ0) is 15.5. The first-order valence-corrected chi connectivity index (χ1v) is 7.35. The van der Waals surface area contributed by atoms with Crippen LogP contribution in [0.2, 0.25) is 5.15 Å². The van der Waals surface area contributed by atoms with Crippen molar-refractivity contribution < 1.29 is 4.79 Å². The number of nitrogens with one attached hydrogen (secondary N) is 2. The van der Waals surface area contributed by atoms with E-state index in [-0.39, 0.29) is 0 Å². The summed E-state index contributed by atoms with van der Waals surface area (Å²) in [7, 11) is 0. The summed E-state index contributed by atoms with van der Waals surface area (Å²) in [6.45, 7) is 0. The number of urea groups is 1. The van der Waals surface area contributed by atoms with Gasteiger partial charge in [-0.05, 0) is 36.4 Å². The van der Waals surface area contributed by atoms with Gasteiger partial charge in [0, 0.05) is 5.69 Å². The quantitative estimate of drug-likeness (QED) is 0.698. The maximum Gasteiger partial charge on any atom is 0.325 e. The van der Waals surface area contributed by atoms with Gasteiger partial charge in [0.15, 0.2) is 5.13 Å². The molecular formula is C14H8ClN5OS. The second kappa shape index (κ2) is 5.97. The number of anilines is 2. The predicted molar refractivity (Wildman–Crippen MR) is 86.2 cm³/mol. The Kier molecular flexibility index (Phi) is 3.87. The minimum atomic E-state index is -0.421. The number of hydrogen-bond acceptors (Lipinski definition) is 5. The summed E-state index contributed by atoms with van der Waals surface area (Å²) in [5.41, 5.74) is 1.78.